The lowest BCUT2D eigenvalue weighted by atomic mass is 10.1. The Morgan fingerprint density at radius 2 is 1.91 bits per heavy atom. The van der Waals surface area contributed by atoms with Gasteiger partial charge in [-0.1, -0.05) is 0 Å². The highest BCUT2D eigenvalue weighted by atomic mass is 15.3. The van der Waals surface area contributed by atoms with E-state index in [4.69, 9.17) is 4.99 Å². The van der Waals surface area contributed by atoms with E-state index in [1.807, 2.05) is 0 Å². The molecule has 0 radical (unpaired) electrons. The number of nitrogens with one attached hydrogen (secondary N) is 2. The first-order valence-corrected chi connectivity index (χ1v) is 8.44. The minimum atomic E-state index is 0.586. The lowest BCUT2D eigenvalue weighted by Gasteiger charge is -2.47. The van der Waals surface area contributed by atoms with Crippen LogP contribution in [0.4, 0.5) is 0 Å². The molecule has 1 aromatic heterocycles. The monoisotopic (exact) mass is 304 g/mol. The third kappa shape index (κ3) is 4.01. The van der Waals surface area contributed by atoms with Gasteiger partial charge in [0.15, 0.2) is 5.96 Å². The summed E-state index contributed by atoms with van der Waals surface area (Å²) < 4.78 is 2.18. The molecule has 0 saturated carbocycles. The number of nitrogens with zero attached hydrogens (tertiary/aromatic N) is 4. The number of guanidine groups is 1. The number of aliphatic imine (C=N–C) groups is 1. The summed E-state index contributed by atoms with van der Waals surface area (Å²) in [5, 5.41) is 6.77. The summed E-state index contributed by atoms with van der Waals surface area (Å²) in [5.74, 6) is 0.937. The van der Waals surface area contributed by atoms with Crippen molar-refractivity contribution in [1.82, 2.24) is 25.0 Å². The number of piperazine rings is 3. The van der Waals surface area contributed by atoms with Crippen molar-refractivity contribution in [3.05, 3.63) is 24.5 Å². The van der Waals surface area contributed by atoms with Gasteiger partial charge in [-0.2, -0.15) is 0 Å². The zero-order valence-corrected chi connectivity index (χ0v) is 13.5. The van der Waals surface area contributed by atoms with E-state index in [1.54, 1.807) is 0 Å². The van der Waals surface area contributed by atoms with Crippen LogP contribution in [-0.4, -0.2) is 78.7 Å². The molecule has 6 heteroatoms. The molecule has 3 aliphatic rings. The van der Waals surface area contributed by atoms with Crippen molar-refractivity contribution in [3.63, 3.8) is 0 Å². The zero-order valence-electron chi connectivity index (χ0n) is 13.5. The minimum absolute atomic E-state index is 0.586. The molecule has 6 nitrogen and oxygen atoms in total. The SMILES string of the molecule is CCNC(=NCC1CN2CCN1CC2)NCCn1cccc1. The summed E-state index contributed by atoms with van der Waals surface area (Å²) in [6.07, 6.45) is 4.18. The van der Waals surface area contributed by atoms with Crippen LogP contribution in [0.2, 0.25) is 0 Å². The molecule has 0 aliphatic carbocycles. The third-order valence-electron chi connectivity index (χ3n) is 4.53. The zero-order chi connectivity index (χ0) is 15.2. The molecule has 2 bridgehead atoms. The summed E-state index contributed by atoms with van der Waals surface area (Å²) in [4.78, 5) is 9.94. The van der Waals surface area contributed by atoms with Crippen LogP contribution in [0.1, 0.15) is 6.92 Å². The summed E-state index contributed by atoms with van der Waals surface area (Å²) in [6, 6.07) is 4.70. The fourth-order valence-corrected chi connectivity index (χ4v) is 3.26. The maximum absolute atomic E-state index is 4.79. The van der Waals surface area contributed by atoms with Crippen molar-refractivity contribution in [1.29, 1.82) is 0 Å². The van der Waals surface area contributed by atoms with Crippen LogP contribution in [0.3, 0.4) is 0 Å². The van der Waals surface area contributed by atoms with Crippen LogP contribution in [-0.2, 0) is 6.54 Å². The Morgan fingerprint density at radius 3 is 2.55 bits per heavy atom. The Kier molecular flexibility index (Phi) is 5.34. The minimum Gasteiger partial charge on any atom is -0.357 e. The van der Waals surface area contributed by atoms with Crippen LogP contribution >= 0.6 is 0 Å². The molecule has 2 N–H and O–H groups in total. The Labute approximate surface area is 133 Å². The van der Waals surface area contributed by atoms with E-state index in [2.05, 4.69) is 56.5 Å². The van der Waals surface area contributed by atoms with Crippen molar-refractivity contribution in [2.75, 3.05) is 52.4 Å². The molecule has 4 rings (SSSR count). The van der Waals surface area contributed by atoms with Gasteiger partial charge in [0.2, 0.25) is 0 Å². The van der Waals surface area contributed by atoms with Gasteiger partial charge in [0.05, 0.1) is 6.54 Å². The maximum Gasteiger partial charge on any atom is 0.191 e. The van der Waals surface area contributed by atoms with Gasteiger partial charge in [0.25, 0.3) is 0 Å². The Balaban J connectivity index is 1.47. The van der Waals surface area contributed by atoms with Gasteiger partial charge in [-0.25, -0.2) is 0 Å². The molecule has 1 aromatic rings. The molecule has 122 valence electrons. The van der Waals surface area contributed by atoms with Crippen LogP contribution in [0.5, 0.6) is 0 Å². The molecular weight excluding hydrogens is 276 g/mol. The van der Waals surface area contributed by atoms with Crippen molar-refractivity contribution in [2.24, 2.45) is 4.99 Å². The number of hydrogen-bond donors (Lipinski definition) is 2. The molecule has 0 aromatic carbocycles. The van der Waals surface area contributed by atoms with Gasteiger partial charge in [0.1, 0.15) is 0 Å². The van der Waals surface area contributed by atoms with Crippen LogP contribution < -0.4 is 10.6 Å². The first kappa shape index (κ1) is 15.4. The first-order chi connectivity index (χ1) is 10.8. The molecule has 22 heavy (non-hydrogen) atoms. The molecule has 3 saturated heterocycles. The van der Waals surface area contributed by atoms with E-state index in [0.29, 0.717) is 6.04 Å². The van der Waals surface area contributed by atoms with E-state index >= 15 is 0 Å². The first-order valence-electron chi connectivity index (χ1n) is 8.44. The second kappa shape index (κ2) is 7.65. The van der Waals surface area contributed by atoms with Crippen molar-refractivity contribution in [3.8, 4) is 0 Å². The standard InChI is InChI=1S/C16H28N6/c1-2-17-16(18-5-8-20-6-3-4-7-20)19-13-15-14-21-9-11-22(15)12-10-21/h3-4,6-7,15H,2,5,8-14H2,1H3,(H2,17,18,19). The fraction of sp³-hybridized carbons (Fsp3) is 0.688. The average molecular weight is 304 g/mol. The molecular formula is C16H28N6. The Morgan fingerprint density at radius 1 is 1.14 bits per heavy atom. The van der Waals surface area contributed by atoms with Gasteiger partial charge in [0, 0.05) is 70.8 Å². The van der Waals surface area contributed by atoms with Gasteiger partial charge in [-0.3, -0.25) is 14.8 Å². The van der Waals surface area contributed by atoms with E-state index in [1.165, 1.54) is 32.7 Å². The predicted molar refractivity (Wildman–Crippen MR) is 90.2 cm³/mol. The highest BCUT2D eigenvalue weighted by Crippen LogP contribution is 2.15. The fourth-order valence-electron chi connectivity index (χ4n) is 3.26. The summed E-state index contributed by atoms with van der Waals surface area (Å²) in [7, 11) is 0. The molecule has 1 atom stereocenters. The second-order valence-electron chi connectivity index (χ2n) is 6.06. The van der Waals surface area contributed by atoms with Crippen molar-refractivity contribution in [2.45, 2.75) is 19.5 Å². The third-order valence-corrected chi connectivity index (χ3v) is 4.53. The van der Waals surface area contributed by atoms with E-state index in [9.17, 15) is 0 Å². The summed E-state index contributed by atoms with van der Waals surface area (Å²) in [6.45, 7) is 11.8. The quantitative estimate of drug-likeness (QED) is 0.576. The van der Waals surface area contributed by atoms with E-state index < -0.39 is 0 Å². The predicted octanol–water partition coefficient (Wildman–Crippen LogP) is 0.0430. The molecule has 0 spiro atoms. The lowest BCUT2D eigenvalue weighted by molar-refractivity contribution is 0.0174. The largest absolute Gasteiger partial charge is 0.357 e. The molecule has 3 fully saturated rings. The summed E-state index contributed by atoms with van der Waals surface area (Å²) >= 11 is 0. The Bertz CT molecular complexity index is 461. The normalized spacial score (nSPS) is 27.9. The van der Waals surface area contributed by atoms with Crippen LogP contribution in [0.15, 0.2) is 29.5 Å². The van der Waals surface area contributed by atoms with Gasteiger partial charge >= 0.3 is 0 Å². The average Bonchev–Trinajstić information content (AvgIpc) is 3.07. The van der Waals surface area contributed by atoms with Crippen molar-refractivity contribution < 1.29 is 0 Å². The van der Waals surface area contributed by atoms with Gasteiger partial charge in [-0.15, -0.1) is 0 Å². The van der Waals surface area contributed by atoms with Crippen LogP contribution in [0, 0.1) is 0 Å². The molecule has 0 amide bonds. The molecule has 4 heterocycles. The highest BCUT2D eigenvalue weighted by Gasteiger charge is 2.31. The molecule has 3 aliphatic heterocycles. The van der Waals surface area contributed by atoms with E-state index in [0.717, 1.165) is 32.1 Å². The summed E-state index contributed by atoms with van der Waals surface area (Å²) in [5.41, 5.74) is 0. The number of hydrogen-bond acceptors (Lipinski definition) is 3. The Hall–Kier alpha value is -1.53. The van der Waals surface area contributed by atoms with E-state index in [-0.39, 0.29) is 0 Å². The van der Waals surface area contributed by atoms with Crippen molar-refractivity contribution >= 4 is 5.96 Å². The number of aromatic nitrogens is 1. The van der Waals surface area contributed by atoms with Crippen LogP contribution in [0.25, 0.3) is 0 Å². The molecule has 1 unspecified atom stereocenters. The smallest absolute Gasteiger partial charge is 0.191 e. The highest BCUT2D eigenvalue weighted by molar-refractivity contribution is 5.79. The number of fused-ring (bicyclic) bond motifs is 3. The maximum atomic E-state index is 4.79. The topological polar surface area (TPSA) is 47.8 Å². The number of rotatable bonds is 6. The second-order valence-corrected chi connectivity index (χ2v) is 6.06. The lowest BCUT2D eigenvalue weighted by Crippen LogP contribution is -2.62. The van der Waals surface area contributed by atoms with Gasteiger partial charge < -0.3 is 15.2 Å². The van der Waals surface area contributed by atoms with Gasteiger partial charge in [-0.05, 0) is 19.1 Å².